The molecule has 0 bridgehead atoms. The number of rotatable bonds is 2. The first kappa shape index (κ1) is 16.2. The Morgan fingerprint density at radius 3 is 2.27 bits per heavy atom. The first-order valence-corrected chi connectivity index (χ1v) is 8.49. The maximum Gasteiger partial charge on any atom is 0.236 e. The summed E-state index contributed by atoms with van der Waals surface area (Å²) in [6, 6.07) is 16.5. The van der Waals surface area contributed by atoms with Crippen molar-refractivity contribution in [2.24, 2.45) is 0 Å². The van der Waals surface area contributed by atoms with Crippen LogP contribution in [0.3, 0.4) is 0 Å². The Bertz CT molecular complexity index is 1040. The second-order valence-electron chi connectivity index (χ2n) is 6.74. The number of carbonyl (C=O) groups excluding carboxylic acids is 1. The van der Waals surface area contributed by atoms with Crippen LogP contribution in [0.15, 0.2) is 54.6 Å². The van der Waals surface area contributed by atoms with Crippen LogP contribution in [0.1, 0.15) is 28.2 Å². The van der Waals surface area contributed by atoms with Crippen molar-refractivity contribution in [3.8, 4) is 22.6 Å². The zero-order chi connectivity index (χ0) is 18.4. The van der Waals surface area contributed by atoms with Crippen molar-refractivity contribution in [3.63, 3.8) is 0 Å². The molecule has 1 aliphatic rings. The van der Waals surface area contributed by atoms with Crippen LogP contribution >= 0.6 is 0 Å². The SMILES string of the molecule is Cc1cc(-c2cccc3c2C(c2ccc(O)c(C)c2)C(=O)N3)ccc1O. The largest absolute Gasteiger partial charge is 0.508 e. The number of anilines is 1. The van der Waals surface area contributed by atoms with Crippen LogP contribution < -0.4 is 5.32 Å². The third-order valence-corrected chi connectivity index (χ3v) is 4.98. The summed E-state index contributed by atoms with van der Waals surface area (Å²) < 4.78 is 0. The second kappa shape index (κ2) is 5.92. The fraction of sp³-hybridized carbons (Fsp3) is 0.136. The molecule has 26 heavy (non-hydrogen) atoms. The Labute approximate surface area is 151 Å². The van der Waals surface area contributed by atoms with Gasteiger partial charge in [0.1, 0.15) is 11.5 Å². The number of nitrogens with one attached hydrogen (secondary N) is 1. The van der Waals surface area contributed by atoms with Crippen molar-refractivity contribution in [1.82, 2.24) is 0 Å². The summed E-state index contributed by atoms with van der Waals surface area (Å²) in [6.45, 7) is 3.67. The van der Waals surface area contributed by atoms with E-state index in [4.69, 9.17) is 0 Å². The van der Waals surface area contributed by atoms with Crippen molar-refractivity contribution < 1.29 is 15.0 Å². The van der Waals surface area contributed by atoms with Crippen LogP contribution in [-0.2, 0) is 4.79 Å². The van der Waals surface area contributed by atoms with Gasteiger partial charge in [-0.2, -0.15) is 0 Å². The summed E-state index contributed by atoms with van der Waals surface area (Å²) in [7, 11) is 0. The molecule has 0 spiro atoms. The lowest BCUT2D eigenvalue weighted by molar-refractivity contribution is -0.116. The topological polar surface area (TPSA) is 69.6 Å². The molecule has 4 nitrogen and oxygen atoms in total. The Morgan fingerprint density at radius 1 is 0.885 bits per heavy atom. The summed E-state index contributed by atoms with van der Waals surface area (Å²) in [5, 5.41) is 22.6. The van der Waals surface area contributed by atoms with Crippen LogP contribution in [-0.4, -0.2) is 16.1 Å². The Hall–Kier alpha value is -3.27. The molecule has 0 saturated heterocycles. The molecule has 1 atom stereocenters. The molecule has 3 aromatic carbocycles. The number of amides is 1. The molecule has 0 saturated carbocycles. The van der Waals surface area contributed by atoms with E-state index < -0.39 is 5.92 Å². The highest BCUT2D eigenvalue weighted by Crippen LogP contribution is 2.44. The minimum absolute atomic E-state index is 0.0759. The van der Waals surface area contributed by atoms with E-state index in [1.807, 2.05) is 50.2 Å². The molecule has 1 unspecified atom stereocenters. The molecule has 4 rings (SSSR count). The number of aryl methyl sites for hydroxylation is 2. The Morgan fingerprint density at radius 2 is 1.58 bits per heavy atom. The van der Waals surface area contributed by atoms with Gasteiger partial charge in [0.25, 0.3) is 0 Å². The summed E-state index contributed by atoms with van der Waals surface area (Å²) in [6.07, 6.45) is 0. The summed E-state index contributed by atoms with van der Waals surface area (Å²) in [4.78, 5) is 12.7. The van der Waals surface area contributed by atoms with Gasteiger partial charge in [-0.3, -0.25) is 4.79 Å². The minimum Gasteiger partial charge on any atom is -0.508 e. The Kier molecular flexibility index (Phi) is 3.69. The number of benzene rings is 3. The lowest BCUT2D eigenvalue weighted by atomic mass is 9.86. The molecule has 0 fully saturated rings. The van der Waals surface area contributed by atoms with Crippen molar-refractivity contribution in [2.75, 3.05) is 5.32 Å². The molecular weight excluding hydrogens is 326 g/mol. The monoisotopic (exact) mass is 345 g/mol. The van der Waals surface area contributed by atoms with Crippen LogP contribution in [0.2, 0.25) is 0 Å². The van der Waals surface area contributed by atoms with Gasteiger partial charge in [0.15, 0.2) is 0 Å². The number of carbonyl (C=O) groups is 1. The highest BCUT2D eigenvalue weighted by atomic mass is 16.3. The zero-order valence-corrected chi connectivity index (χ0v) is 14.6. The summed E-state index contributed by atoms with van der Waals surface area (Å²) >= 11 is 0. The lowest BCUT2D eigenvalue weighted by Gasteiger charge is -2.16. The van der Waals surface area contributed by atoms with Crippen molar-refractivity contribution in [2.45, 2.75) is 19.8 Å². The van der Waals surface area contributed by atoms with Crippen molar-refractivity contribution >= 4 is 11.6 Å². The molecule has 0 aliphatic carbocycles. The summed E-state index contributed by atoms with van der Waals surface area (Å²) in [5.74, 6) is -0.0429. The van der Waals surface area contributed by atoms with Gasteiger partial charge in [-0.05, 0) is 65.9 Å². The van der Waals surface area contributed by atoms with Gasteiger partial charge >= 0.3 is 0 Å². The highest BCUT2D eigenvalue weighted by molar-refractivity contribution is 6.07. The molecule has 3 aromatic rings. The average molecular weight is 345 g/mol. The molecule has 130 valence electrons. The zero-order valence-electron chi connectivity index (χ0n) is 14.6. The predicted molar refractivity (Wildman–Crippen MR) is 102 cm³/mol. The third-order valence-electron chi connectivity index (χ3n) is 4.98. The van der Waals surface area contributed by atoms with Gasteiger partial charge in [-0.15, -0.1) is 0 Å². The number of phenols is 2. The van der Waals surface area contributed by atoms with Gasteiger partial charge in [0.2, 0.25) is 5.91 Å². The number of hydrogen-bond donors (Lipinski definition) is 3. The van der Waals surface area contributed by atoms with E-state index >= 15 is 0 Å². The number of phenolic OH excluding ortho intramolecular Hbond substituents is 2. The normalized spacial score (nSPS) is 15.6. The van der Waals surface area contributed by atoms with Gasteiger partial charge in [-0.25, -0.2) is 0 Å². The maximum atomic E-state index is 12.7. The molecule has 1 heterocycles. The number of aromatic hydroxyl groups is 2. The molecule has 1 amide bonds. The van der Waals surface area contributed by atoms with E-state index in [0.717, 1.165) is 39.1 Å². The second-order valence-corrected chi connectivity index (χ2v) is 6.74. The van der Waals surface area contributed by atoms with Crippen molar-refractivity contribution in [3.05, 3.63) is 76.9 Å². The first-order chi connectivity index (χ1) is 12.5. The van der Waals surface area contributed by atoms with Gasteiger partial charge in [0.05, 0.1) is 5.92 Å². The van der Waals surface area contributed by atoms with E-state index in [9.17, 15) is 15.0 Å². The van der Waals surface area contributed by atoms with Crippen LogP contribution in [0.25, 0.3) is 11.1 Å². The fourth-order valence-electron chi connectivity index (χ4n) is 3.57. The number of fused-ring (bicyclic) bond motifs is 1. The molecule has 3 N–H and O–H groups in total. The summed E-state index contributed by atoms with van der Waals surface area (Å²) in [5.41, 5.74) is 6.01. The lowest BCUT2D eigenvalue weighted by Crippen LogP contribution is -2.13. The maximum absolute atomic E-state index is 12.7. The molecular formula is C22H19NO3. The fourth-order valence-corrected chi connectivity index (χ4v) is 3.57. The van der Waals surface area contributed by atoms with Crippen molar-refractivity contribution in [1.29, 1.82) is 0 Å². The van der Waals surface area contributed by atoms with Gasteiger partial charge < -0.3 is 15.5 Å². The number of hydrogen-bond acceptors (Lipinski definition) is 3. The van der Waals surface area contributed by atoms with E-state index in [1.165, 1.54) is 0 Å². The molecule has 0 radical (unpaired) electrons. The van der Waals surface area contributed by atoms with E-state index in [2.05, 4.69) is 5.32 Å². The van der Waals surface area contributed by atoms with E-state index in [1.54, 1.807) is 18.2 Å². The minimum atomic E-state index is -0.436. The standard InChI is InChI=1S/C22H19NO3/c1-12-10-14(6-8-18(12)24)16-4-3-5-17-21(16)20(22(26)23-17)15-7-9-19(25)13(2)11-15/h3-11,20,24-25H,1-2H3,(H,23,26). The smallest absolute Gasteiger partial charge is 0.236 e. The van der Waals surface area contributed by atoms with Crippen LogP contribution in [0.4, 0.5) is 5.69 Å². The third kappa shape index (κ3) is 2.51. The molecule has 4 heteroatoms. The average Bonchev–Trinajstić information content (AvgIpc) is 2.95. The van der Waals surface area contributed by atoms with Crippen LogP contribution in [0, 0.1) is 13.8 Å². The first-order valence-electron chi connectivity index (χ1n) is 8.49. The highest BCUT2D eigenvalue weighted by Gasteiger charge is 2.34. The van der Waals surface area contributed by atoms with E-state index in [0.29, 0.717) is 0 Å². The van der Waals surface area contributed by atoms with Gasteiger partial charge in [0, 0.05) is 11.3 Å². The Balaban J connectivity index is 1.91. The molecule has 1 aliphatic heterocycles. The van der Waals surface area contributed by atoms with E-state index in [-0.39, 0.29) is 17.4 Å². The predicted octanol–water partition coefficient (Wildman–Crippen LogP) is 4.47. The van der Waals surface area contributed by atoms with Crippen LogP contribution in [0.5, 0.6) is 11.5 Å². The molecule has 0 aromatic heterocycles. The quantitative estimate of drug-likeness (QED) is 0.642. The van der Waals surface area contributed by atoms with Gasteiger partial charge in [-0.1, -0.05) is 30.3 Å².